The van der Waals surface area contributed by atoms with Gasteiger partial charge in [-0.1, -0.05) is 19.8 Å². The summed E-state index contributed by atoms with van der Waals surface area (Å²) in [4.78, 5) is 10.0. The summed E-state index contributed by atoms with van der Waals surface area (Å²) in [7, 11) is 2.22. The van der Waals surface area contributed by atoms with E-state index in [9.17, 15) is 0 Å². The van der Waals surface area contributed by atoms with E-state index >= 15 is 0 Å². The Bertz CT molecular complexity index is 448. The van der Waals surface area contributed by atoms with Crippen LogP contribution in [0.5, 0.6) is 0 Å². The monoisotopic (exact) mass is 523 g/mol. The van der Waals surface area contributed by atoms with Crippen molar-refractivity contribution in [3.8, 4) is 0 Å². The molecule has 0 aromatic rings. The quantitative estimate of drug-likeness (QED) is 0.189. The zero-order chi connectivity index (χ0) is 20.2. The second kappa shape index (κ2) is 14.8. The van der Waals surface area contributed by atoms with Crippen LogP contribution in [0.25, 0.3) is 0 Å². The van der Waals surface area contributed by atoms with E-state index in [0.29, 0.717) is 11.3 Å². The van der Waals surface area contributed by atoms with Gasteiger partial charge in [-0.2, -0.15) is 0 Å². The largest absolute Gasteiger partial charge is 0.382 e. The van der Waals surface area contributed by atoms with Gasteiger partial charge in [-0.05, 0) is 51.5 Å². The maximum Gasteiger partial charge on any atom is 0.191 e. The molecule has 6 nitrogen and oxygen atoms in total. The number of hydrogen-bond acceptors (Lipinski definition) is 4. The van der Waals surface area contributed by atoms with Crippen LogP contribution < -0.4 is 10.6 Å². The molecule has 0 bridgehead atoms. The molecule has 1 unspecified atom stereocenters. The van der Waals surface area contributed by atoms with Crippen LogP contribution in [0.15, 0.2) is 4.99 Å². The van der Waals surface area contributed by atoms with Gasteiger partial charge in [-0.15, -0.1) is 24.0 Å². The molecule has 1 aliphatic carbocycles. The van der Waals surface area contributed by atoms with E-state index in [-0.39, 0.29) is 24.0 Å². The van der Waals surface area contributed by atoms with E-state index < -0.39 is 0 Å². The topological polar surface area (TPSA) is 52.1 Å². The second-order valence-corrected chi connectivity index (χ2v) is 8.94. The summed E-state index contributed by atoms with van der Waals surface area (Å²) in [6.07, 6.45) is 6.41. The van der Waals surface area contributed by atoms with Gasteiger partial charge in [0.05, 0.1) is 0 Å². The smallest absolute Gasteiger partial charge is 0.191 e. The lowest BCUT2D eigenvalue weighted by atomic mass is 9.83. The Morgan fingerprint density at radius 1 is 1.10 bits per heavy atom. The van der Waals surface area contributed by atoms with Crippen LogP contribution >= 0.6 is 24.0 Å². The lowest BCUT2D eigenvalue weighted by molar-refractivity contribution is 0.107. The molecular weight excluding hydrogens is 477 g/mol. The van der Waals surface area contributed by atoms with Crippen LogP contribution in [0.4, 0.5) is 0 Å². The molecule has 172 valence electrons. The average Bonchev–Trinajstić information content (AvgIpc) is 3.15. The Hall–Kier alpha value is -0.120. The normalized spacial score (nSPS) is 21.6. The maximum absolute atomic E-state index is 5.65. The molecule has 2 fully saturated rings. The predicted molar refractivity (Wildman–Crippen MR) is 135 cm³/mol. The zero-order valence-corrected chi connectivity index (χ0v) is 21.7. The number of guanidine groups is 1. The average molecular weight is 524 g/mol. The molecule has 0 aromatic heterocycles. The summed E-state index contributed by atoms with van der Waals surface area (Å²) in [5, 5.41) is 7.04. The van der Waals surface area contributed by atoms with Gasteiger partial charge in [0.2, 0.25) is 0 Å². The van der Waals surface area contributed by atoms with Gasteiger partial charge in [0, 0.05) is 65.6 Å². The summed E-state index contributed by atoms with van der Waals surface area (Å²) in [5.74, 6) is 1.60. The molecule has 0 aromatic carbocycles. The highest BCUT2D eigenvalue weighted by molar-refractivity contribution is 14.0. The molecule has 2 aliphatic rings. The maximum atomic E-state index is 5.65. The first-order valence-electron chi connectivity index (χ1n) is 11.6. The van der Waals surface area contributed by atoms with Gasteiger partial charge in [0.15, 0.2) is 5.96 Å². The molecule has 1 saturated carbocycles. The highest BCUT2D eigenvalue weighted by Gasteiger charge is 2.33. The van der Waals surface area contributed by atoms with Crippen LogP contribution in [0, 0.1) is 11.3 Å². The first-order valence-corrected chi connectivity index (χ1v) is 11.6. The summed E-state index contributed by atoms with van der Waals surface area (Å²) in [6.45, 7) is 17.0. The number of likely N-dealkylation sites (N-methyl/N-ethyl adjacent to an activating group) is 1. The van der Waals surface area contributed by atoms with Gasteiger partial charge in [0.25, 0.3) is 0 Å². The van der Waals surface area contributed by atoms with Crippen LogP contribution in [0.2, 0.25) is 0 Å². The molecule has 0 radical (unpaired) electrons. The Balaban J connectivity index is 0.00000420. The lowest BCUT2D eigenvalue weighted by Gasteiger charge is -2.34. The number of nitrogens with one attached hydrogen (secondary N) is 2. The first-order chi connectivity index (χ1) is 13.6. The van der Waals surface area contributed by atoms with Gasteiger partial charge in [-0.25, -0.2) is 0 Å². The van der Waals surface area contributed by atoms with Crippen molar-refractivity contribution in [3.63, 3.8) is 0 Å². The third-order valence-corrected chi connectivity index (χ3v) is 6.35. The number of nitrogens with zero attached hydrogens (tertiary/aromatic N) is 3. The summed E-state index contributed by atoms with van der Waals surface area (Å²) < 4.78 is 5.65. The number of aliphatic imine (C=N–C) groups is 1. The lowest BCUT2D eigenvalue weighted by Crippen LogP contribution is -2.47. The van der Waals surface area contributed by atoms with Crippen LogP contribution in [0.1, 0.15) is 52.9 Å². The molecule has 0 amide bonds. The Morgan fingerprint density at radius 2 is 1.79 bits per heavy atom. The van der Waals surface area contributed by atoms with E-state index in [1.54, 1.807) is 0 Å². The third-order valence-electron chi connectivity index (χ3n) is 6.35. The Kier molecular flexibility index (Phi) is 13.7. The van der Waals surface area contributed by atoms with Crippen LogP contribution in [-0.4, -0.2) is 88.4 Å². The zero-order valence-electron chi connectivity index (χ0n) is 19.3. The van der Waals surface area contributed by atoms with Crippen molar-refractivity contribution >= 4 is 29.9 Å². The van der Waals surface area contributed by atoms with Crippen molar-refractivity contribution in [2.24, 2.45) is 16.3 Å². The van der Waals surface area contributed by atoms with Crippen molar-refractivity contribution in [2.45, 2.75) is 52.9 Å². The molecule has 0 spiro atoms. The van der Waals surface area contributed by atoms with Gasteiger partial charge >= 0.3 is 0 Å². The van der Waals surface area contributed by atoms with E-state index in [1.165, 1.54) is 58.4 Å². The molecular formula is C22H46IN5O. The molecule has 1 saturated heterocycles. The van der Waals surface area contributed by atoms with Crippen molar-refractivity contribution in [2.75, 3.05) is 72.6 Å². The van der Waals surface area contributed by atoms with Crippen molar-refractivity contribution in [1.82, 2.24) is 20.4 Å². The SMILES string of the molecule is CCNC(=NCC1(CCOCC)CCCC1)NCC(C)CN1CCN(C)CC1.I. The minimum atomic E-state index is 0. The highest BCUT2D eigenvalue weighted by Crippen LogP contribution is 2.41. The van der Waals surface area contributed by atoms with E-state index in [1.807, 2.05) is 0 Å². The van der Waals surface area contributed by atoms with Crippen molar-refractivity contribution in [3.05, 3.63) is 0 Å². The molecule has 1 atom stereocenters. The summed E-state index contributed by atoms with van der Waals surface area (Å²) in [6, 6.07) is 0. The van der Waals surface area contributed by atoms with E-state index in [0.717, 1.165) is 45.2 Å². The fourth-order valence-electron chi connectivity index (χ4n) is 4.44. The molecule has 2 rings (SSSR count). The van der Waals surface area contributed by atoms with Gasteiger partial charge in [0.1, 0.15) is 0 Å². The second-order valence-electron chi connectivity index (χ2n) is 8.94. The number of piperazine rings is 1. The van der Waals surface area contributed by atoms with Crippen LogP contribution in [0.3, 0.4) is 0 Å². The fourth-order valence-corrected chi connectivity index (χ4v) is 4.44. The van der Waals surface area contributed by atoms with Gasteiger partial charge in [-0.3, -0.25) is 4.99 Å². The number of rotatable bonds is 11. The number of ether oxygens (including phenoxy) is 1. The summed E-state index contributed by atoms with van der Waals surface area (Å²) in [5.41, 5.74) is 0.350. The summed E-state index contributed by atoms with van der Waals surface area (Å²) >= 11 is 0. The molecule has 2 N–H and O–H groups in total. The van der Waals surface area contributed by atoms with Crippen molar-refractivity contribution < 1.29 is 4.74 Å². The Labute approximate surface area is 196 Å². The third kappa shape index (κ3) is 10.2. The molecule has 1 heterocycles. The Morgan fingerprint density at radius 3 is 2.41 bits per heavy atom. The molecule has 1 aliphatic heterocycles. The highest BCUT2D eigenvalue weighted by atomic mass is 127. The fraction of sp³-hybridized carbons (Fsp3) is 0.955. The van der Waals surface area contributed by atoms with Crippen LogP contribution in [-0.2, 0) is 4.74 Å². The standard InChI is InChI=1S/C22H45N5O.HI/c1-5-23-21(24-17-20(3)18-27-14-12-26(4)13-15-27)25-19-22(9-7-8-10-22)11-16-28-6-2;/h20H,5-19H2,1-4H3,(H2,23,24,25);1H. The molecule has 7 heteroatoms. The number of hydrogen-bond donors (Lipinski definition) is 2. The van der Waals surface area contributed by atoms with E-state index in [2.05, 4.69) is 48.3 Å². The van der Waals surface area contributed by atoms with Gasteiger partial charge < -0.3 is 25.2 Å². The number of halogens is 1. The van der Waals surface area contributed by atoms with E-state index in [4.69, 9.17) is 9.73 Å². The van der Waals surface area contributed by atoms with Crippen molar-refractivity contribution in [1.29, 1.82) is 0 Å². The molecule has 29 heavy (non-hydrogen) atoms. The minimum absolute atomic E-state index is 0. The minimum Gasteiger partial charge on any atom is -0.382 e. The first kappa shape index (κ1) is 26.9. The predicted octanol–water partition coefficient (Wildman–Crippen LogP) is 3.03.